The van der Waals surface area contributed by atoms with Crippen molar-refractivity contribution in [3.8, 4) is 0 Å². The summed E-state index contributed by atoms with van der Waals surface area (Å²) in [6.07, 6.45) is 4.83. The van der Waals surface area contributed by atoms with Crippen molar-refractivity contribution in [3.05, 3.63) is 41.7 Å². The van der Waals surface area contributed by atoms with E-state index < -0.39 is 10.0 Å². The number of thioether (sulfide) groups is 1. The van der Waals surface area contributed by atoms with Gasteiger partial charge in [-0.3, -0.25) is 4.79 Å². The van der Waals surface area contributed by atoms with Crippen LogP contribution in [0, 0.1) is 13.8 Å². The molecule has 1 aliphatic heterocycles. The van der Waals surface area contributed by atoms with Crippen LogP contribution in [0.3, 0.4) is 0 Å². The molecule has 32 heavy (non-hydrogen) atoms. The fraction of sp³-hybridized carbons (Fsp3) is 0.565. The zero-order valence-electron chi connectivity index (χ0n) is 19.0. The quantitative estimate of drug-likeness (QED) is 0.595. The maximum atomic E-state index is 13.2. The lowest BCUT2D eigenvalue weighted by Crippen LogP contribution is -2.52. The number of amides is 1. The number of aryl methyl sites for hydroxylation is 1. The van der Waals surface area contributed by atoms with Crippen LogP contribution in [-0.2, 0) is 14.8 Å². The van der Waals surface area contributed by atoms with Crippen LogP contribution in [0.2, 0.25) is 0 Å². The van der Waals surface area contributed by atoms with E-state index in [4.69, 9.17) is 4.98 Å². The fourth-order valence-electron chi connectivity index (χ4n) is 4.63. The lowest BCUT2D eigenvalue weighted by atomic mass is 10.2. The van der Waals surface area contributed by atoms with Gasteiger partial charge in [0, 0.05) is 37.9 Å². The van der Waals surface area contributed by atoms with E-state index in [1.807, 2.05) is 13.8 Å². The Labute approximate surface area is 195 Å². The topological polar surface area (TPSA) is 75.5 Å². The third kappa shape index (κ3) is 4.61. The average molecular weight is 477 g/mol. The summed E-state index contributed by atoms with van der Waals surface area (Å²) >= 11 is 1.53. The van der Waals surface area contributed by atoms with Gasteiger partial charge >= 0.3 is 0 Å². The molecule has 2 heterocycles. The second kappa shape index (κ2) is 9.57. The van der Waals surface area contributed by atoms with Crippen molar-refractivity contribution in [1.82, 2.24) is 18.8 Å². The fourth-order valence-corrected chi connectivity index (χ4v) is 7.23. The molecule has 0 N–H and O–H groups in total. The van der Waals surface area contributed by atoms with Gasteiger partial charge < -0.3 is 9.47 Å². The van der Waals surface area contributed by atoms with Crippen molar-refractivity contribution < 1.29 is 13.2 Å². The van der Waals surface area contributed by atoms with Crippen LogP contribution in [0.5, 0.6) is 0 Å². The average Bonchev–Trinajstić information content (AvgIpc) is 3.42. The van der Waals surface area contributed by atoms with Crippen molar-refractivity contribution >= 4 is 27.7 Å². The molecule has 1 aromatic carbocycles. The van der Waals surface area contributed by atoms with Crippen molar-refractivity contribution in [1.29, 1.82) is 0 Å². The van der Waals surface area contributed by atoms with Gasteiger partial charge in [0.2, 0.25) is 15.9 Å². The second-order valence-electron chi connectivity index (χ2n) is 8.68. The Bertz CT molecular complexity index is 1050. The van der Waals surface area contributed by atoms with Gasteiger partial charge in [-0.25, -0.2) is 13.4 Å². The monoisotopic (exact) mass is 476 g/mol. The summed E-state index contributed by atoms with van der Waals surface area (Å²) in [4.78, 5) is 20.0. The molecule has 0 radical (unpaired) electrons. The number of nitrogens with zero attached hydrogens (tertiary/aromatic N) is 4. The summed E-state index contributed by atoms with van der Waals surface area (Å²) in [6.45, 7) is 7.52. The van der Waals surface area contributed by atoms with E-state index >= 15 is 0 Å². The Balaban J connectivity index is 1.39. The van der Waals surface area contributed by atoms with Crippen LogP contribution in [0.25, 0.3) is 0 Å². The van der Waals surface area contributed by atoms with Gasteiger partial charge in [-0.2, -0.15) is 4.31 Å². The van der Waals surface area contributed by atoms with Crippen LogP contribution in [0.15, 0.2) is 40.4 Å². The lowest BCUT2D eigenvalue weighted by molar-refractivity contribution is -0.131. The third-order valence-corrected chi connectivity index (χ3v) is 9.57. The summed E-state index contributed by atoms with van der Waals surface area (Å²) in [7, 11) is -3.52. The summed E-state index contributed by atoms with van der Waals surface area (Å²) in [5.74, 6) is 0.0445. The molecule has 1 amide bonds. The molecule has 1 atom stereocenters. The highest BCUT2D eigenvalue weighted by atomic mass is 32.2. The molecule has 9 heteroatoms. The molecule has 1 aromatic heterocycles. The summed E-state index contributed by atoms with van der Waals surface area (Å²) in [5, 5.41) is 0.659. The standard InChI is InChI=1S/C23H32N4O3S2/c1-17-18(2)27(20-9-7-8-10-20)23(24-17)31-19(3)22(28)25-13-15-26(16-14-25)32(29,30)21-11-5-4-6-12-21/h4-6,11-12,19-20H,7-10,13-16H2,1-3H3. The predicted octanol–water partition coefficient (Wildman–Crippen LogP) is 3.63. The summed E-state index contributed by atoms with van der Waals surface area (Å²) < 4.78 is 29.5. The van der Waals surface area contributed by atoms with Crippen LogP contribution >= 0.6 is 11.8 Å². The SMILES string of the molecule is Cc1nc(SC(C)C(=O)N2CCN(S(=O)(=O)c3ccccc3)CC2)n(C2CCCC2)c1C. The molecule has 1 unspecified atom stereocenters. The van der Waals surface area contributed by atoms with Crippen molar-refractivity contribution in [3.63, 3.8) is 0 Å². The lowest BCUT2D eigenvalue weighted by Gasteiger charge is -2.35. The highest BCUT2D eigenvalue weighted by Crippen LogP contribution is 2.36. The highest BCUT2D eigenvalue weighted by Gasteiger charge is 2.32. The number of piperazine rings is 1. The first-order valence-corrected chi connectivity index (χ1v) is 13.7. The Hall–Kier alpha value is -1.84. The molecule has 2 fully saturated rings. The van der Waals surface area contributed by atoms with E-state index in [0.29, 0.717) is 37.1 Å². The maximum absolute atomic E-state index is 13.2. The molecule has 2 aromatic rings. The molecule has 1 aliphatic carbocycles. The number of aromatic nitrogens is 2. The van der Waals surface area contributed by atoms with Crippen molar-refractivity contribution in [2.24, 2.45) is 0 Å². The molecular weight excluding hydrogens is 444 g/mol. The van der Waals surface area contributed by atoms with Gasteiger partial charge in [0.05, 0.1) is 15.8 Å². The Kier molecular flexibility index (Phi) is 6.97. The smallest absolute Gasteiger partial charge is 0.243 e. The van der Waals surface area contributed by atoms with Crippen molar-refractivity contribution in [2.45, 2.75) is 67.8 Å². The van der Waals surface area contributed by atoms with Crippen LogP contribution in [-0.4, -0.2) is 64.5 Å². The van der Waals surface area contributed by atoms with Gasteiger partial charge in [0.15, 0.2) is 5.16 Å². The van der Waals surface area contributed by atoms with E-state index in [2.05, 4.69) is 11.5 Å². The normalized spacial score (nSPS) is 19.4. The van der Waals surface area contributed by atoms with E-state index in [1.54, 1.807) is 35.2 Å². The highest BCUT2D eigenvalue weighted by molar-refractivity contribution is 8.00. The number of sulfonamides is 1. The van der Waals surface area contributed by atoms with Gasteiger partial charge in [-0.1, -0.05) is 42.8 Å². The first-order valence-electron chi connectivity index (χ1n) is 11.3. The molecule has 174 valence electrons. The second-order valence-corrected chi connectivity index (χ2v) is 11.9. The Morgan fingerprint density at radius 2 is 1.69 bits per heavy atom. The Morgan fingerprint density at radius 1 is 1.06 bits per heavy atom. The summed E-state index contributed by atoms with van der Waals surface area (Å²) in [6, 6.07) is 8.96. The number of imidazole rings is 1. The maximum Gasteiger partial charge on any atom is 0.243 e. The van der Waals surface area contributed by atoms with Gasteiger partial charge in [0.25, 0.3) is 0 Å². The van der Waals surface area contributed by atoms with Gasteiger partial charge in [-0.05, 0) is 45.7 Å². The zero-order chi connectivity index (χ0) is 22.9. The molecule has 0 spiro atoms. The molecule has 4 rings (SSSR count). The number of rotatable bonds is 6. The summed E-state index contributed by atoms with van der Waals surface area (Å²) in [5.41, 5.74) is 2.22. The van der Waals surface area contributed by atoms with Crippen LogP contribution < -0.4 is 0 Å². The number of benzene rings is 1. The Morgan fingerprint density at radius 3 is 2.31 bits per heavy atom. The number of hydrogen-bond acceptors (Lipinski definition) is 5. The number of carbonyl (C=O) groups is 1. The van der Waals surface area contributed by atoms with E-state index in [0.717, 1.165) is 10.9 Å². The molecule has 1 saturated carbocycles. The van der Waals surface area contributed by atoms with Crippen molar-refractivity contribution in [2.75, 3.05) is 26.2 Å². The first-order chi connectivity index (χ1) is 15.3. The van der Waals surface area contributed by atoms with Gasteiger partial charge in [0.1, 0.15) is 0 Å². The van der Waals surface area contributed by atoms with E-state index in [-0.39, 0.29) is 11.2 Å². The van der Waals surface area contributed by atoms with E-state index in [9.17, 15) is 13.2 Å². The molecule has 7 nitrogen and oxygen atoms in total. The first kappa shape index (κ1) is 23.3. The minimum atomic E-state index is -3.52. The van der Waals surface area contributed by atoms with Gasteiger partial charge in [-0.15, -0.1) is 0 Å². The largest absolute Gasteiger partial charge is 0.339 e. The minimum absolute atomic E-state index is 0.0445. The van der Waals surface area contributed by atoms with Crippen LogP contribution in [0.1, 0.15) is 50.0 Å². The predicted molar refractivity (Wildman–Crippen MR) is 126 cm³/mol. The van der Waals surface area contributed by atoms with Crippen LogP contribution in [0.4, 0.5) is 0 Å². The number of hydrogen-bond donors (Lipinski definition) is 0. The minimum Gasteiger partial charge on any atom is -0.339 e. The van der Waals surface area contributed by atoms with E-state index in [1.165, 1.54) is 47.4 Å². The number of carbonyl (C=O) groups excluding carboxylic acids is 1. The third-order valence-electron chi connectivity index (χ3n) is 6.61. The zero-order valence-corrected chi connectivity index (χ0v) is 20.7. The molecular formula is C23H32N4O3S2. The molecule has 2 aliphatic rings. The molecule has 0 bridgehead atoms. The molecule has 1 saturated heterocycles.